The minimum Gasteiger partial charge on any atom is -0.368 e. The van der Waals surface area contributed by atoms with Gasteiger partial charge in [0.1, 0.15) is 23.8 Å². The van der Waals surface area contributed by atoms with Crippen LogP contribution in [0.25, 0.3) is 0 Å². The fourth-order valence-electron chi connectivity index (χ4n) is 4.51. The van der Waals surface area contributed by atoms with E-state index in [-0.39, 0.29) is 30.7 Å². The molecule has 1 spiro atoms. The molecule has 0 aromatic carbocycles. The highest BCUT2D eigenvalue weighted by molar-refractivity contribution is 5.95. The van der Waals surface area contributed by atoms with Crippen molar-refractivity contribution in [2.75, 3.05) is 0 Å². The number of alkyl halides is 4. The molecule has 1 heterocycles. The average Bonchev–Trinajstić information content (AvgIpc) is 3.64. The van der Waals surface area contributed by atoms with Crippen LogP contribution in [0, 0.1) is 11.3 Å². The number of nitrogens with one attached hydrogen (secondary N) is 4. The predicted molar refractivity (Wildman–Crippen MR) is 121 cm³/mol. The molecular weight excluding hydrogens is 502 g/mol. The van der Waals surface area contributed by atoms with Gasteiger partial charge in [0.15, 0.2) is 0 Å². The smallest absolute Gasteiger partial charge is 0.368 e. The van der Waals surface area contributed by atoms with Gasteiger partial charge in [-0.05, 0) is 43.9 Å². The Morgan fingerprint density at radius 1 is 1.00 bits per heavy atom. The van der Waals surface area contributed by atoms with Gasteiger partial charge in [-0.3, -0.25) is 24.0 Å². The summed E-state index contributed by atoms with van der Waals surface area (Å²) in [4.78, 5) is 61.9. The molecule has 10 nitrogen and oxygen atoms in total. The molecule has 6 N–H and O–H groups in total. The Hall–Kier alpha value is -2.93. The molecule has 4 atom stereocenters. The van der Waals surface area contributed by atoms with Crippen LogP contribution in [0.1, 0.15) is 65.7 Å². The molecule has 5 amide bonds. The first-order valence-corrected chi connectivity index (χ1v) is 12.1. The Morgan fingerprint density at radius 3 is 2.00 bits per heavy atom. The summed E-state index contributed by atoms with van der Waals surface area (Å²) in [5.41, 5.74) is 2.18. The van der Waals surface area contributed by atoms with Crippen LogP contribution in [0.5, 0.6) is 0 Å². The topological polar surface area (TPSA) is 159 Å². The van der Waals surface area contributed by atoms with Crippen molar-refractivity contribution in [2.24, 2.45) is 17.1 Å². The number of nitrogens with two attached hydrogens (primary N) is 1. The zero-order chi connectivity index (χ0) is 28.0. The highest BCUT2D eigenvalue weighted by Crippen LogP contribution is 2.46. The van der Waals surface area contributed by atoms with E-state index in [1.165, 1.54) is 20.8 Å². The maximum absolute atomic E-state index is 14.6. The van der Waals surface area contributed by atoms with Crippen molar-refractivity contribution in [3.63, 3.8) is 0 Å². The van der Waals surface area contributed by atoms with Gasteiger partial charge >= 0.3 is 12.1 Å². The van der Waals surface area contributed by atoms with Gasteiger partial charge in [-0.2, -0.15) is 13.2 Å². The normalized spacial score (nSPS) is 23.9. The highest BCUT2D eigenvalue weighted by Gasteiger charge is 2.53. The van der Waals surface area contributed by atoms with Crippen LogP contribution in [-0.2, 0) is 24.0 Å². The highest BCUT2D eigenvalue weighted by atomic mass is 19.4. The largest absolute Gasteiger partial charge is 0.471 e. The molecule has 2 aliphatic carbocycles. The van der Waals surface area contributed by atoms with E-state index in [0.717, 1.165) is 12.8 Å². The number of halogens is 4. The third-order valence-corrected chi connectivity index (χ3v) is 7.09. The first-order chi connectivity index (χ1) is 16.8. The maximum Gasteiger partial charge on any atom is 0.471 e. The molecule has 1 unspecified atom stereocenters. The van der Waals surface area contributed by atoms with Crippen molar-refractivity contribution in [2.45, 2.75) is 101 Å². The van der Waals surface area contributed by atoms with Gasteiger partial charge in [0.05, 0.1) is 0 Å². The lowest BCUT2D eigenvalue weighted by molar-refractivity contribution is -0.175. The van der Waals surface area contributed by atoms with Gasteiger partial charge in [-0.15, -0.1) is 0 Å². The molecule has 3 rings (SSSR count). The number of primary amides is 1. The summed E-state index contributed by atoms with van der Waals surface area (Å²) >= 11 is 0. The number of hydrogen-bond donors (Lipinski definition) is 5. The summed E-state index contributed by atoms with van der Waals surface area (Å²) in [7, 11) is 0. The van der Waals surface area contributed by atoms with E-state index < -0.39 is 71.4 Å². The molecule has 1 saturated heterocycles. The zero-order valence-electron chi connectivity index (χ0n) is 20.9. The molecule has 37 heavy (non-hydrogen) atoms. The fraction of sp³-hybridized carbons (Fsp3) is 0.783. The summed E-state index contributed by atoms with van der Waals surface area (Å²) in [6.45, 7) is 4.22. The molecule has 3 aliphatic rings. The van der Waals surface area contributed by atoms with Gasteiger partial charge < -0.3 is 27.0 Å². The second-order valence-electron chi connectivity index (χ2n) is 11.6. The van der Waals surface area contributed by atoms with E-state index in [4.69, 9.17) is 5.73 Å². The molecule has 0 aromatic rings. The zero-order valence-corrected chi connectivity index (χ0v) is 20.9. The SMILES string of the molecule is CC(C)(C)C(NC(=O)C(F)(F)F)C(=O)N[C@@H](CC1(F)CC1)C(=O)N[C@@H](C[C@@H]1CC2(CC2)NC1=O)C(N)=O. The lowest BCUT2D eigenvalue weighted by Gasteiger charge is -2.32. The van der Waals surface area contributed by atoms with Gasteiger partial charge in [0.25, 0.3) is 0 Å². The number of hydrogen-bond acceptors (Lipinski definition) is 5. The van der Waals surface area contributed by atoms with Crippen LogP contribution >= 0.6 is 0 Å². The van der Waals surface area contributed by atoms with Crippen molar-refractivity contribution in [3.05, 3.63) is 0 Å². The Balaban J connectivity index is 1.72. The Kier molecular flexibility index (Phi) is 7.54. The Labute approximate surface area is 211 Å². The molecule has 0 aromatic heterocycles. The molecule has 2 saturated carbocycles. The lowest BCUT2D eigenvalue weighted by Crippen LogP contribution is -2.60. The minimum absolute atomic E-state index is 0.0949. The van der Waals surface area contributed by atoms with Crippen LogP contribution in [0.2, 0.25) is 0 Å². The summed E-state index contributed by atoms with van der Waals surface area (Å²) in [6.07, 6.45) is -3.50. The van der Waals surface area contributed by atoms with Gasteiger partial charge in [0.2, 0.25) is 23.6 Å². The number of carbonyl (C=O) groups is 5. The molecular formula is C23H33F4N5O5. The van der Waals surface area contributed by atoms with Crippen molar-refractivity contribution < 1.29 is 41.5 Å². The quantitative estimate of drug-likeness (QED) is 0.257. The lowest BCUT2D eigenvalue weighted by atomic mass is 9.85. The Bertz CT molecular complexity index is 972. The van der Waals surface area contributed by atoms with E-state index in [0.29, 0.717) is 6.42 Å². The van der Waals surface area contributed by atoms with Gasteiger partial charge in [0, 0.05) is 17.9 Å². The molecule has 1 aliphatic heterocycles. The minimum atomic E-state index is -5.25. The van der Waals surface area contributed by atoms with Crippen molar-refractivity contribution in [1.82, 2.24) is 21.3 Å². The molecule has 0 radical (unpaired) electrons. The van der Waals surface area contributed by atoms with E-state index in [1.807, 2.05) is 0 Å². The van der Waals surface area contributed by atoms with Crippen LogP contribution < -0.4 is 27.0 Å². The summed E-state index contributed by atoms with van der Waals surface area (Å²) in [6, 6.07) is -4.58. The summed E-state index contributed by atoms with van der Waals surface area (Å²) in [5, 5.41) is 9.10. The monoisotopic (exact) mass is 535 g/mol. The number of amides is 5. The van der Waals surface area contributed by atoms with Crippen LogP contribution in [-0.4, -0.2) is 65.0 Å². The second kappa shape index (κ2) is 9.75. The molecule has 208 valence electrons. The number of rotatable bonds is 10. The first kappa shape index (κ1) is 28.6. The van der Waals surface area contributed by atoms with Crippen molar-refractivity contribution in [3.8, 4) is 0 Å². The first-order valence-electron chi connectivity index (χ1n) is 12.1. The van der Waals surface area contributed by atoms with Crippen molar-refractivity contribution in [1.29, 1.82) is 0 Å². The maximum atomic E-state index is 14.6. The van der Waals surface area contributed by atoms with Crippen LogP contribution in [0.4, 0.5) is 17.6 Å². The van der Waals surface area contributed by atoms with E-state index in [2.05, 4.69) is 16.0 Å². The van der Waals surface area contributed by atoms with Gasteiger partial charge in [-0.25, -0.2) is 4.39 Å². The van der Waals surface area contributed by atoms with E-state index in [1.54, 1.807) is 5.32 Å². The average molecular weight is 536 g/mol. The van der Waals surface area contributed by atoms with Crippen LogP contribution in [0.15, 0.2) is 0 Å². The molecule has 0 bridgehead atoms. The standard InChI is InChI=1S/C23H33F4N5O5/c1-20(2,3)14(31-19(37)23(25,26)27)18(36)30-13(10-21(24)4-5-21)17(35)29-12(15(28)33)8-11-9-22(6-7-22)32-16(11)34/h11-14H,4-10H2,1-3H3,(H2,28,33)(H,29,35)(H,30,36)(H,31,37)(H,32,34)/t11-,12+,13+,14?/m1/s1. The number of carbonyl (C=O) groups excluding carboxylic acids is 5. The predicted octanol–water partition coefficient (Wildman–Crippen LogP) is 0.486. The Morgan fingerprint density at radius 2 is 1.57 bits per heavy atom. The molecule has 3 fully saturated rings. The second-order valence-corrected chi connectivity index (χ2v) is 11.6. The van der Waals surface area contributed by atoms with Crippen LogP contribution in [0.3, 0.4) is 0 Å². The van der Waals surface area contributed by atoms with Crippen molar-refractivity contribution >= 4 is 29.5 Å². The third kappa shape index (κ3) is 7.31. The van der Waals surface area contributed by atoms with E-state index >= 15 is 0 Å². The third-order valence-electron chi connectivity index (χ3n) is 7.09. The fourth-order valence-corrected chi connectivity index (χ4v) is 4.51. The van der Waals surface area contributed by atoms with E-state index in [9.17, 15) is 41.5 Å². The summed E-state index contributed by atoms with van der Waals surface area (Å²) < 4.78 is 53.1. The summed E-state index contributed by atoms with van der Waals surface area (Å²) in [5.74, 6) is -6.23. The molecule has 14 heteroatoms. The van der Waals surface area contributed by atoms with Gasteiger partial charge in [-0.1, -0.05) is 20.8 Å².